The third-order valence-corrected chi connectivity index (χ3v) is 3.75. The molecule has 1 aliphatic heterocycles. The highest BCUT2D eigenvalue weighted by Crippen LogP contribution is 2.35. The van der Waals surface area contributed by atoms with Crippen LogP contribution < -0.4 is 20.1 Å². The molecule has 3 N–H and O–H groups in total. The number of hydrogen-bond donors (Lipinski definition) is 2. The van der Waals surface area contributed by atoms with Gasteiger partial charge in [-0.05, 0) is 25.0 Å². The fourth-order valence-corrected chi connectivity index (χ4v) is 2.42. The van der Waals surface area contributed by atoms with Crippen LogP contribution in [0.1, 0.15) is 31.7 Å². The van der Waals surface area contributed by atoms with Gasteiger partial charge < -0.3 is 20.1 Å². The molecule has 0 spiro atoms. The first kappa shape index (κ1) is 15.6. The molecule has 21 heavy (non-hydrogen) atoms. The highest BCUT2D eigenvalue weighted by Gasteiger charge is 2.21. The van der Waals surface area contributed by atoms with Crippen LogP contribution in [0.2, 0.25) is 0 Å². The van der Waals surface area contributed by atoms with E-state index >= 15 is 0 Å². The number of aryl methyl sites for hydroxylation is 1. The second kappa shape index (κ2) is 7.31. The van der Waals surface area contributed by atoms with E-state index in [1.54, 1.807) is 0 Å². The summed E-state index contributed by atoms with van der Waals surface area (Å²) in [6.45, 7) is 5.22. The zero-order valence-electron chi connectivity index (χ0n) is 13.1. The van der Waals surface area contributed by atoms with Gasteiger partial charge in [0.15, 0.2) is 17.5 Å². The van der Waals surface area contributed by atoms with E-state index in [0.29, 0.717) is 19.0 Å². The molecule has 0 bridgehead atoms. The summed E-state index contributed by atoms with van der Waals surface area (Å²) >= 11 is 0. The normalized spacial score (nSPS) is 14.6. The molecule has 0 radical (unpaired) electrons. The second-order valence-corrected chi connectivity index (χ2v) is 5.38. The summed E-state index contributed by atoms with van der Waals surface area (Å²) in [4.78, 5) is 12.4. The van der Waals surface area contributed by atoms with Crippen molar-refractivity contribution in [3.63, 3.8) is 0 Å². The van der Waals surface area contributed by atoms with Gasteiger partial charge in [0.2, 0.25) is 0 Å². The van der Waals surface area contributed by atoms with Crippen molar-refractivity contribution in [3.05, 3.63) is 17.7 Å². The average Bonchev–Trinajstić information content (AvgIpc) is 2.49. The van der Waals surface area contributed by atoms with Crippen LogP contribution in [0.5, 0.6) is 11.5 Å². The highest BCUT2D eigenvalue weighted by molar-refractivity contribution is 5.94. The van der Waals surface area contributed by atoms with Crippen LogP contribution in [0, 0.1) is 6.92 Å². The lowest BCUT2D eigenvalue weighted by molar-refractivity contribution is -0.650. The monoisotopic (exact) mass is 293 g/mol. The van der Waals surface area contributed by atoms with Crippen LogP contribution in [-0.4, -0.2) is 32.2 Å². The molecule has 0 aromatic heterocycles. The first-order chi connectivity index (χ1) is 10.2. The maximum absolute atomic E-state index is 12.4. The molecule has 1 amide bonds. The Morgan fingerprint density at radius 3 is 2.62 bits per heavy atom. The topological polar surface area (TPSA) is 64.2 Å². The van der Waals surface area contributed by atoms with E-state index in [4.69, 9.17) is 9.47 Å². The number of carbonyl (C=O) groups excluding carboxylic acids is 1. The lowest BCUT2D eigenvalue weighted by Gasteiger charge is -2.21. The van der Waals surface area contributed by atoms with Gasteiger partial charge in [-0.2, -0.15) is 0 Å². The van der Waals surface area contributed by atoms with Gasteiger partial charge in [-0.3, -0.25) is 4.79 Å². The van der Waals surface area contributed by atoms with Crippen LogP contribution >= 0.6 is 0 Å². The number of quaternary nitrogens is 1. The Labute approximate surface area is 126 Å². The molecule has 0 aliphatic carbocycles. The van der Waals surface area contributed by atoms with E-state index in [-0.39, 0.29) is 11.9 Å². The third-order valence-electron chi connectivity index (χ3n) is 3.75. The van der Waals surface area contributed by atoms with Crippen LogP contribution in [0.4, 0.5) is 5.69 Å². The average molecular weight is 293 g/mol. The zero-order valence-corrected chi connectivity index (χ0v) is 13.1. The Morgan fingerprint density at radius 2 is 2.00 bits per heavy atom. The van der Waals surface area contributed by atoms with Crippen molar-refractivity contribution in [2.45, 2.75) is 39.2 Å². The van der Waals surface area contributed by atoms with Gasteiger partial charge in [0, 0.05) is 18.2 Å². The summed E-state index contributed by atoms with van der Waals surface area (Å²) < 4.78 is 11.1. The van der Waals surface area contributed by atoms with E-state index in [9.17, 15) is 4.79 Å². The predicted octanol–water partition coefficient (Wildman–Crippen LogP) is 1.46. The molecular formula is C16H25N2O3+. The quantitative estimate of drug-likeness (QED) is 0.834. The zero-order chi connectivity index (χ0) is 15.2. The van der Waals surface area contributed by atoms with Gasteiger partial charge in [0.1, 0.15) is 13.2 Å². The van der Waals surface area contributed by atoms with E-state index in [0.717, 1.165) is 36.3 Å². The van der Waals surface area contributed by atoms with Crippen molar-refractivity contribution in [3.8, 4) is 11.5 Å². The molecule has 1 unspecified atom stereocenters. The molecule has 0 saturated heterocycles. The fourth-order valence-electron chi connectivity index (χ4n) is 2.42. The molecule has 1 aromatic rings. The Kier molecular flexibility index (Phi) is 5.44. The summed E-state index contributed by atoms with van der Waals surface area (Å²) in [6, 6.07) is 3.73. The summed E-state index contributed by atoms with van der Waals surface area (Å²) in [5.74, 6) is 1.50. The minimum atomic E-state index is -0.0439. The number of anilines is 1. The van der Waals surface area contributed by atoms with Gasteiger partial charge in [-0.15, -0.1) is 0 Å². The maximum Gasteiger partial charge on any atom is 0.282 e. The molecule has 5 nitrogen and oxygen atoms in total. The largest absolute Gasteiger partial charge is 0.486 e. The molecule has 1 atom stereocenters. The predicted molar refractivity (Wildman–Crippen MR) is 82.0 cm³/mol. The molecule has 2 rings (SSSR count). The van der Waals surface area contributed by atoms with Crippen LogP contribution in [-0.2, 0) is 4.79 Å². The summed E-state index contributed by atoms with van der Waals surface area (Å²) in [5.41, 5.74) is 1.78. The third kappa shape index (κ3) is 3.88. The maximum atomic E-state index is 12.4. The smallest absolute Gasteiger partial charge is 0.282 e. The fraction of sp³-hybridized carbons (Fsp3) is 0.562. The van der Waals surface area contributed by atoms with Gasteiger partial charge in [0.25, 0.3) is 5.91 Å². The minimum absolute atomic E-state index is 0.0439. The van der Waals surface area contributed by atoms with E-state index < -0.39 is 0 Å². The lowest BCUT2D eigenvalue weighted by Crippen LogP contribution is -2.88. The van der Waals surface area contributed by atoms with Crippen LogP contribution in [0.3, 0.4) is 0 Å². The van der Waals surface area contributed by atoms with Crippen molar-refractivity contribution in [1.29, 1.82) is 0 Å². The number of unbranched alkanes of at least 4 members (excludes halogenated alkanes) is 1. The number of nitrogens with two attached hydrogens (primary N) is 1. The van der Waals surface area contributed by atoms with Crippen molar-refractivity contribution in [1.82, 2.24) is 0 Å². The number of benzene rings is 1. The number of fused-ring (bicyclic) bond motifs is 1. The molecule has 5 heteroatoms. The molecular weight excluding hydrogens is 268 g/mol. The summed E-state index contributed by atoms with van der Waals surface area (Å²) in [7, 11) is 1.94. The number of nitrogens with one attached hydrogen (secondary N) is 1. The van der Waals surface area contributed by atoms with E-state index in [1.165, 1.54) is 0 Å². The first-order valence-corrected chi connectivity index (χ1v) is 7.66. The number of likely N-dealkylation sites (N-methyl/N-ethyl adjacent to an activating group) is 1. The Hall–Kier alpha value is -1.75. The SMILES string of the molecule is CCCCC([NH2+]C)C(=O)Nc1cc2c(cc1C)OCCO2. The summed E-state index contributed by atoms with van der Waals surface area (Å²) in [5, 5.41) is 4.99. The first-order valence-electron chi connectivity index (χ1n) is 7.66. The molecule has 1 aliphatic rings. The van der Waals surface area contributed by atoms with Crippen LogP contribution in [0.15, 0.2) is 12.1 Å². The van der Waals surface area contributed by atoms with Gasteiger partial charge in [-0.25, -0.2) is 0 Å². The number of hydrogen-bond acceptors (Lipinski definition) is 3. The van der Waals surface area contributed by atoms with Crippen molar-refractivity contribution < 1.29 is 19.6 Å². The van der Waals surface area contributed by atoms with Crippen molar-refractivity contribution >= 4 is 11.6 Å². The Balaban J connectivity index is 2.09. The van der Waals surface area contributed by atoms with Crippen molar-refractivity contribution in [2.24, 2.45) is 0 Å². The second-order valence-electron chi connectivity index (χ2n) is 5.38. The van der Waals surface area contributed by atoms with Crippen LogP contribution in [0.25, 0.3) is 0 Å². The van der Waals surface area contributed by atoms with E-state index in [2.05, 4.69) is 12.2 Å². The highest BCUT2D eigenvalue weighted by atomic mass is 16.6. The Morgan fingerprint density at radius 1 is 1.33 bits per heavy atom. The standard InChI is InChI=1S/C16H24N2O3/c1-4-5-6-12(17-3)16(19)18-13-10-15-14(9-11(13)2)20-7-8-21-15/h9-10,12,17H,4-8H2,1-3H3,(H,18,19)/p+1. The number of carbonyl (C=O) groups is 1. The molecule has 0 saturated carbocycles. The Bertz CT molecular complexity index is 503. The molecule has 1 heterocycles. The van der Waals surface area contributed by atoms with E-state index in [1.807, 2.05) is 31.4 Å². The van der Waals surface area contributed by atoms with Gasteiger partial charge in [0.05, 0.1) is 7.05 Å². The van der Waals surface area contributed by atoms with Crippen molar-refractivity contribution in [2.75, 3.05) is 25.6 Å². The minimum Gasteiger partial charge on any atom is -0.486 e. The number of ether oxygens (including phenoxy) is 2. The van der Waals surface area contributed by atoms with Gasteiger partial charge >= 0.3 is 0 Å². The number of rotatable bonds is 6. The molecule has 0 fully saturated rings. The molecule has 1 aromatic carbocycles. The number of amides is 1. The summed E-state index contributed by atoms with van der Waals surface area (Å²) in [6.07, 6.45) is 3.05. The lowest BCUT2D eigenvalue weighted by atomic mass is 10.1. The van der Waals surface area contributed by atoms with Gasteiger partial charge in [-0.1, -0.05) is 13.3 Å². The molecule has 116 valence electrons.